The molecule has 0 saturated heterocycles. The minimum absolute atomic E-state index is 0.398. The number of halogens is 1. The van der Waals surface area contributed by atoms with Crippen molar-refractivity contribution in [3.05, 3.63) is 34.3 Å². The van der Waals surface area contributed by atoms with E-state index < -0.39 is 0 Å². The molecule has 1 saturated carbocycles. The molecule has 1 aliphatic carbocycles. The van der Waals surface area contributed by atoms with Gasteiger partial charge in [0.25, 0.3) is 0 Å². The smallest absolute Gasteiger partial charge is 0.0294 e. The maximum Gasteiger partial charge on any atom is 0.0294 e. The van der Waals surface area contributed by atoms with E-state index >= 15 is 0 Å². The molecular formula is C18H28BrN. The molecule has 0 bridgehead atoms. The Kier molecular flexibility index (Phi) is 5.30. The molecule has 1 N–H and O–H groups in total. The molecule has 0 heterocycles. The monoisotopic (exact) mass is 337 g/mol. The molecule has 3 unspecified atom stereocenters. The van der Waals surface area contributed by atoms with Crippen LogP contribution in [0.25, 0.3) is 0 Å². The zero-order valence-electron chi connectivity index (χ0n) is 13.2. The first kappa shape index (κ1) is 16.0. The van der Waals surface area contributed by atoms with Gasteiger partial charge in [-0.1, -0.05) is 61.7 Å². The maximum atomic E-state index is 3.90. The summed E-state index contributed by atoms with van der Waals surface area (Å²) < 4.78 is 1.17. The fourth-order valence-electron chi connectivity index (χ4n) is 3.56. The molecule has 0 radical (unpaired) electrons. The molecule has 2 heteroatoms. The summed E-state index contributed by atoms with van der Waals surface area (Å²) in [6, 6.07) is 9.73. The molecular weight excluding hydrogens is 310 g/mol. The fourth-order valence-corrected chi connectivity index (χ4v) is 3.98. The summed E-state index contributed by atoms with van der Waals surface area (Å²) in [6.45, 7) is 9.46. The van der Waals surface area contributed by atoms with Crippen LogP contribution in [-0.2, 0) is 0 Å². The molecule has 2 rings (SSSR count). The topological polar surface area (TPSA) is 12.0 Å². The highest BCUT2D eigenvalue weighted by Gasteiger charge is 2.34. The Hall–Kier alpha value is -0.340. The zero-order valence-corrected chi connectivity index (χ0v) is 14.8. The van der Waals surface area contributed by atoms with Crippen molar-refractivity contribution >= 4 is 15.9 Å². The fraction of sp³-hybridized carbons (Fsp3) is 0.667. The molecule has 0 spiro atoms. The third kappa shape index (κ3) is 4.08. The summed E-state index contributed by atoms with van der Waals surface area (Å²) in [7, 11) is 0. The summed E-state index contributed by atoms with van der Waals surface area (Å²) in [6.07, 6.45) is 5.45. The van der Waals surface area contributed by atoms with Crippen LogP contribution in [0.4, 0.5) is 0 Å². The third-order valence-electron chi connectivity index (χ3n) is 4.69. The van der Waals surface area contributed by atoms with Crippen molar-refractivity contribution in [2.75, 3.05) is 0 Å². The van der Waals surface area contributed by atoms with Crippen molar-refractivity contribution in [1.82, 2.24) is 5.32 Å². The molecule has 1 nitrogen and oxygen atoms in total. The largest absolute Gasteiger partial charge is 0.307 e. The molecule has 0 aliphatic heterocycles. The standard InChI is InChI=1S/C18H28BrN/c1-13(14-8-7-9-15(19)12-14)20-17-11-6-5-10-16(17)18(2,3)4/h7-9,12-13,16-17,20H,5-6,10-11H2,1-4H3. The lowest BCUT2D eigenvalue weighted by molar-refractivity contribution is 0.124. The van der Waals surface area contributed by atoms with Gasteiger partial charge in [-0.2, -0.15) is 0 Å². The molecule has 112 valence electrons. The average Bonchev–Trinajstić information content (AvgIpc) is 2.38. The van der Waals surface area contributed by atoms with E-state index in [1.165, 1.54) is 35.7 Å². The lowest BCUT2D eigenvalue weighted by Crippen LogP contribution is -2.45. The Morgan fingerprint density at radius 2 is 1.90 bits per heavy atom. The van der Waals surface area contributed by atoms with Gasteiger partial charge in [0.15, 0.2) is 0 Å². The van der Waals surface area contributed by atoms with Crippen LogP contribution in [0.3, 0.4) is 0 Å². The first-order valence-electron chi connectivity index (χ1n) is 7.89. The number of hydrogen-bond donors (Lipinski definition) is 1. The van der Waals surface area contributed by atoms with Crippen molar-refractivity contribution in [3.8, 4) is 0 Å². The van der Waals surface area contributed by atoms with E-state index in [-0.39, 0.29) is 0 Å². The van der Waals surface area contributed by atoms with E-state index in [9.17, 15) is 0 Å². The van der Waals surface area contributed by atoms with Crippen LogP contribution in [-0.4, -0.2) is 6.04 Å². The lowest BCUT2D eigenvalue weighted by Gasteiger charge is -2.42. The van der Waals surface area contributed by atoms with Gasteiger partial charge in [0, 0.05) is 16.6 Å². The van der Waals surface area contributed by atoms with E-state index in [1.807, 2.05) is 0 Å². The van der Waals surface area contributed by atoms with Crippen LogP contribution in [0.5, 0.6) is 0 Å². The van der Waals surface area contributed by atoms with Gasteiger partial charge in [0.1, 0.15) is 0 Å². The molecule has 1 aromatic rings. The Labute approximate surface area is 132 Å². The molecule has 3 atom stereocenters. The van der Waals surface area contributed by atoms with Gasteiger partial charge in [-0.25, -0.2) is 0 Å². The van der Waals surface area contributed by atoms with Gasteiger partial charge >= 0.3 is 0 Å². The van der Waals surface area contributed by atoms with E-state index in [0.717, 1.165) is 5.92 Å². The molecule has 1 aliphatic rings. The van der Waals surface area contributed by atoms with Crippen LogP contribution < -0.4 is 5.32 Å². The number of rotatable bonds is 3. The van der Waals surface area contributed by atoms with E-state index in [0.29, 0.717) is 17.5 Å². The predicted molar refractivity (Wildman–Crippen MR) is 90.9 cm³/mol. The summed E-state index contributed by atoms with van der Waals surface area (Å²) in [5, 5.41) is 3.90. The van der Waals surface area contributed by atoms with Crippen LogP contribution in [0.1, 0.15) is 65.0 Å². The van der Waals surface area contributed by atoms with Gasteiger partial charge < -0.3 is 5.32 Å². The van der Waals surface area contributed by atoms with Gasteiger partial charge in [0.05, 0.1) is 0 Å². The van der Waals surface area contributed by atoms with E-state index in [2.05, 4.69) is 73.2 Å². The highest BCUT2D eigenvalue weighted by Crippen LogP contribution is 2.38. The van der Waals surface area contributed by atoms with E-state index in [1.54, 1.807) is 0 Å². The van der Waals surface area contributed by atoms with Gasteiger partial charge in [0.2, 0.25) is 0 Å². The number of hydrogen-bond acceptors (Lipinski definition) is 1. The average molecular weight is 338 g/mol. The van der Waals surface area contributed by atoms with Crippen molar-refractivity contribution in [2.24, 2.45) is 11.3 Å². The van der Waals surface area contributed by atoms with Crippen LogP contribution in [0.2, 0.25) is 0 Å². The van der Waals surface area contributed by atoms with Gasteiger partial charge in [-0.15, -0.1) is 0 Å². The Morgan fingerprint density at radius 3 is 2.55 bits per heavy atom. The molecule has 1 fully saturated rings. The van der Waals surface area contributed by atoms with Crippen molar-refractivity contribution in [2.45, 2.75) is 65.5 Å². The molecule has 20 heavy (non-hydrogen) atoms. The number of nitrogens with one attached hydrogen (secondary N) is 1. The van der Waals surface area contributed by atoms with Gasteiger partial charge in [-0.3, -0.25) is 0 Å². The van der Waals surface area contributed by atoms with Crippen molar-refractivity contribution in [1.29, 1.82) is 0 Å². The Morgan fingerprint density at radius 1 is 1.20 bits per heavy atom. The molecule has 0 aromatic heterocycles. The highest BCUT2D eigenvalue weighted by atomic mass is 79.9. The predicted octanol–water partition coefficient (Wildman–Crippen LogP) is 5.70. The van der Waals surface area contributed by atoms with E-state index in [4.69, 9.17) is 0 Å². The maximum absolute atomic E-state index is 3.90. The second kappa shape index (κ2) is 6.62. The van der Waals surface area contributed by atoms with Gasteiger partial charge in [-0.05, 0) is 48.8 Å². The minimum atomic E-state index is 0.398. The second-order valence-electron chi connectivity index (χ2n) is 7.31. The number of benzene rings is 1. The summed E-state index contributed by atoms with van der Waals surface area (Å²) in [4.78, 5) is 0. The molecule has 1 aromatic carbocycles. The Balaban J connectivity index is 2.07. The normalized spacial score (nSPS) is 25.4. The SMILES string of the molecule is CC(NC1CCCCC1C(C)(C)C)c1cccc(Br)c1. The van der Waals surface area contributed by atoms with Crippen LogP contribution >= 0.6 is 15.9 Å². The molecule has 0 amide bonds. The quantitative estimate of drug-likeness (QED) is 0.745. The van der Waals surface area contributed by atoms with Crippen molar-refractivity contribution < 1.29 is 0 Å². The summed E-state index contributed by atoms with van der Waals surface area (Å²) in [5.74, 6) is 0.783. The first-order valence-corrected chi connectivity index (χ1v) is 8.69. The zero-order chi connectivity index (χ0) is 14.8. The summed E-state index contributed by atoms with van der Waals surface area (Å²) in [5.41, 5.74) is 1.77. The summed E-state index contributed by atoms with van der Waals surface area (Å²) >= 11 is 3.57. The second-order valence-corrected chi connectivity index (χ2v) is 8.22. The van der Waals surface area contributed by atoms with Crippen molar-refractivity contribution in [3.63, 3.8) is 0 Å². The minimum Gasteiger partial charge on any atom is -0.307 e. The first-order chi connectivity index (χ1) is 9.38. The third-order valence-corrected chi connectivity index (χ3v) is 5.18. The highest BCUT2D eigenvalue weighted by molar-refractivity contribution is 9.10. The lowest BCUT2D eigenvalue weighted by atomic mass is 9.69. The Bertz CT molecular complexity index is 435. The van der Waals surface area contributed by atoms with Crippen LogP contribution in [0, 0.1) is 11.3 Å². The van der Waals surface area contributed by atoms with Crippen LogP contribution in [0.15, 0.2) is 28.7 Å².